The molecule has 0 saturated heterocycles. The van der Waals surface area contributed by atoms with E-state index in [4.69, 9.17) is 15.2 Å². The van der Waals surface area contributed by atoms with E-state index in [0.717, 1.165) is 5.56 Å². The molecule has 0 amide bonds. The van der Waals surface area contributed by atoms with Crippen LogP contribution in [0, 0.1) is 6.92 Å². The number of methoxy groups -OCH3 is 2. The first kappa shape index (κ1) is 17.2. The average molecular weight is 303 g/mol. The molecule has 1 aromatic carbocycles. The van der Waals surface area contributed by atoms with Crippen molar-refractivity contribution in [3.05, 3.63) is 23.3 Å². The predicted octanol–water partition coefficient (Wildman–Crippen LogP) is 2.21. The Morgan fingerprint density at radius 3 is 2.14 bits per heavy atom. The molecular formula is C14H19F2NO4. The molecule has 0 aliphatic rings. The topological polar surface area (TPSA) is 70.8 Å². The highest BCUT2D eigenvalue weighted by molar-refractivity contribution is 5.79. The Bertz CT molecular complexity index is 495. The number of nitrogens with two attached hydrogens (primary N) is 1. The maximum Gasteiger partial charge on any atom is 0.379 e. The van der Waals surface area contributed by atoms with E-state index in [9.17, 15) is 13.6 Å². The van der Waals surface area contributed by atoms with Crippen molar-refractivity contribution in [2.45, 2.75) is 25.8 Å². The molecule has 1 atom stereocenters. The van der Waals surface area contributed by atoms with Crippen LogP contribution in [0.15, 0.2) is 12.1 Å². The number of hydrogen-bond donors (Lipinski definition) is 1. The summed E-state index contributed by atoms with van der Waals surface area (Å²) in [6, 6.07) is 1.14. The fourth-order valence-corrected chi connectivity index (χ4v) is 1.91. The summed E-state index contributed by atoms with van der Waals surface area (Å²) in [5.74, 6) is -5.32. The van der Waals surface area contributed by atoms with Gasteiger partial charge in [-0.25, -0.2) is 4.79 Å². The van der Waals surface area contributed by atoms with Crippen molar-refractivity contribution in [2.24, 2.45) is 5.73 Å². The van der Waals surface area contributed by atoms with Crippen molar-refractivity contribution >= 4 is 5.97 Å². The number of hydrogen-bond acceptors (Lipinski definition) is 5. The Labute approximate surface area is 122 Å². The summed E-state index contributed by atoms with van der Waals surface area (Å²) in [6.07, 6.45) is 0. The molecule has 0 saturated carbocycles. The van der Waals surface area contributed by atoms with Gasteiger partial charge in [-0.05, 0) is 31.5 Å². The van der Waals surface area contributed by atoms with Gasteiger partial charge in [-0.1, -0.05) is 0 Å². The van der Waals surface area contributed by atoms with Crippen molar-refractivity contribution in [3.63, 3.8) is 0 Å². The third-order valence-corrected chi connectivity index (χ3v) is 2.94. The molecule has 0 spiro atoms. The van der Waals surface area contributed by atoms with Gasteiger partial charge in [-0.3, -0.25) is 0 Å². The minimum atomic E-state index is -3.90. The largest absolute Gasteiger partial charge is 0.496 e. The van der Waals surface area contributed by atoms with Crippen molar-refractivity contribution in [1.82, 2.24) is 0 Å². The van der Waals surface area contributed by atoms with Gasteiger partial charge in [-0.2, -0.15) is 8.78 Å². The third kappa shape index (κ3) is 3.41. The van der Waals surface area contributed by atoms with Crippen LogP contribution in [0.2, 0.25) is 0 Å². The number of ether oxygens (including phenoxy) is 3. The average Bonchev–Trinajstić information content (AvgIpc) is 2.45. The van der Waals surface area contributed by atoms with Crippen LogP contribution in [0.3, 0.4) is 0 Å². The van der Waals surface area contributed by atoms with Gasteiger partial charge in [0.25, 0.3) is 0 Å². The van der Waals surface area contributed by atoms with E-state index in [0.29, 0.717) is 0 Å². The van der Waals surface area contributed by atoms with Crippen LogP contribution in [0.5, 0.6) is 11.5 Å². The molecule has 2 N–H and O–H groups in total. The first-order valence-electron chi connectivity index (χ1n) is 6.32. The Balaban J connectivity index is 3.34. The SMILES string of the molecule is CCOC(=O)C(F)(F)[C@H](N)c1c(OC)cc(C)cc1OC. The van der Waals surface area contributed by atoms with Crippen molar-refractivity contribution in [2.75, 3.05) is 20.8 Å². The summed E-state index contributed by atoms with van der Waals surface area (Å²) in [7, 11) is 2.65. The monoisotopic (exact) mass is 303 g/mol. The highest BCUT2D eigenvalue weighted by atomic mass is 19.3. The quantitative estimate of drug-likeness (QED) is 0.816. The highest BCUT2D eigenvalue weighted by Gasteiger charge is 2.49. The van der Waals surface area contributed by atoms with Gasteiger partial charge in [0.1, 0.15) is 17.5 Å². The highest BCUT2D eigenvalue weighted by Crippen LogP contribution is 2.41. The lowest BCUT2D eigenvalue weighted by atomic mass is 9.97. The van der Waals surface area contributed by atoms with E-state index in [1.807, 2.05) is 0 Å². The Hall–Kier alpha value is -1.89. The molecule has 0 unspecified atom stereocenters. The van der Waals surface area contributed by atoms with Gasteiger partial charge in [0.05, 0.1) is 26.4 Å². The summed E-state index contributed by atoms with van der Waals surface area (Å²) in [6.45, 7) is 3.03. The van der Waals surface area contributed by atoms with E-state index >= 15 is 0 Å². The molecule has 0 bridgehead atoms. The predicted molar refractivity (Wildman–Crippen MR) is 72.8 cm³/mol. The second-order valence-electron chi connectivity index (χ2n) is 4.40. The molecule has 0 aromatic heterocycles. The van der Waals surface area contributed by atoms with Crippen LogP contribution in [0.25, 0.3) is 0 Å². The summed E-state index contributed by atoms with van der Waals surface area (Å²) < 4.78 is 42.7. The second kappa shape index (κ2) is 6.71. The zero-order valence-corrected chi connectivity index (χ0v) is 12.4. The number of alkyl halides is 2. The molecular weight excluding hydrogens is 284 g/mol. The molecule has 0 heterocycles. The molecule has 0 fully saturated rings. The van der Waals surface area contributed by atoms with Crippen LogP contribution >= 0.6 is 0 Å². The Kier molecular flexibility index (Phi) is 5.48. The molecule has 1 aromatic rings. The number of carbonyl (C=O) groups excluding carboxylic acids is 1. The van der Waals surface area contributed by atoms with Crippen LogP contribution in [0.1, 0.15) is 24.1 Å². The van der Waals surface area contributed by atoms with Crippen LogP contribution in [-0.2, 0) is 9.53 Å². The van der Waals surface area contributed by atoms with E-state index in [1.54, 1.807) is 19.1 Å². The Morgan fingerprint density at radius 2 is 1.76 bits per heavy atom. The molecule has 0 aliphatic heterocycles. The molecule has 21 heavy (non-hydrogen) atoms. The van der Waals surface area contributed by atoms with Gasteiger partial charge >= 0.3 is 11.9 Å². The molecule has 0 radical (unpaired) electrons. The number of aryl methyl sites for hydroxylation is 1. The van der Waals surface area contributed by atoms with E-state index < -0.39 is 17.9 Å². The lowest BCUT2D eigenvalue weighted by Gasteiger charge is -2.25. The number of esters is 1. The van der Waals surface area contributed by atoms with E-state index in [2.05, 4.69) is 4.74 Å². The van der Waals surface area contributed by atoms with Crippen molar-refractivity contribution in [1.29, 1.82) is 0 Å². The fraction of sp³-hybridized carbons (Fsp3) is 0.500. The number of rotatable bonds is 6. The first-order chi connectivity index (χ1) is 9.79. The van der Waals surface area contributed by atoms with Crippen LogP contribution in [-0.4, -0.2) is 32.7 Å². The summed E-state index contributed by atoms with van der Waals surface area (Å²) >= 11 is 0. The van der Waals surface area contributed by atoms with Gasteiger partial charge in [-0.15, -0.1) is 0 Å². The lowest BCUT2D eigenvalue weighted by molar-refractivity contribution is -0.174. The standard InChI is InChI=1S/C14H19F2NO4/c1-5-21-13(18)14(15,16)12(17)11-9(19-3)6-8(2)7-10(11)20-4/h6-7,12H,5,17H2,1-4H3/t12-/m1/s1. The van der Waals surface area contributed by atoms with E-state index in [1.165, 1.54) is 21.1 Å². The summed E-state index contributed by atoms with van der Waals surface area (Å²) in [5, 5.41) is 0. The van der Waals surface area contributed by atoms with Crippen LogP contribution < -0.4 is 15.2 Å². The Morgan fingerprint density at radius 1 is 1.29 bits per heavy atom. The fourth-order valence-electron chi connectivity index (χ4n) is 1.91. The van der Waals surface area contributed by atoms with Crippen molar-refractivity contribution in [3.8, 4) is 11.5 Å². The van der Waals surface area contributed by atoms with Gasteiger partial charge in [0.2, 0.25) is 0 Å². The molecule has 7 heteroatoms. The van der Waals surface area contributed by atoms with Crippen molar-refractivity contribution < 1.29 is 27.8 Å². The zero-order chi connectivity index (χ0) is 16.2. The minimum absolute atomic E-state index is 0.0800. The maximum atomic E-state index is 14.1. The molecule has 5 nitrogen and oxygen atoms in total. The normalized spacial score (nSPS) is 12.7. The number of carbonyl (C=O) groups is 1. The maximum absolute atomic E-state index is 14.1. The first-order valence-corrected chi connectivity index (χ1v) is 6.32. The van der Waals surface area contributed by atoms with Gasteiger partial charge < -0.3 is 19.9 Å². The lowest BCUT2D eigenvalue weighted by Crippen LogP contribution is -2.42. The molecule has 118 valence electrons. The van der Waals surface area contributed by atoms with Gasteiger partial charge in [0, 0.05) is 0 Å². The van der Waals surface area contributed by atoms with Crippen LogP contribution in [0.4, 0.5) is 8.78 Å². The summed E-state index contributed by atoms with van der Waals surface area (Å²) in [5.41, 5.74) is 6.27. The third-order valence-electron chi connectivity index (χ3n) is 2.94. The summed E-state index contributed by atoms with van der Waals surface area (Å²) in [4.78, 5) is 11.4. The smallest absolute Gasteiger partial charge is 0.379 e. The molecule has 0 aliphatic carbocycles. The minimum Gasteiger partial charge on any atom is -0.496 e. The number of halogens is 2. The van der Waals surface area contributed by atoms with Gasteiger partial charge in [0.15, 0.2) is 0 Å². The van der Waals surface area contributed by atoms with E-state index in [-0.39, 0.29) is 23.7 Å². The zero-order valence-electron chi connectivity index (χ0n) is 12.4. The number of benzene rings is 1. The molecule has 1 rings (SSSR count). The second-order valence-corrected chi connectivity index (χ2v) is 4.40.